The highest BCUT2D eigenvalue weighted by molar-refractivity contribution is 9.10. The molecule has 0 saturated carbocycles. The van der Waals surface area contributed by atoms with Crippen LogP contribution in [0.2, 0.25) is 0 Å². The summed E-state index contributed by atoms with van der Waals surface area (Å²) in [6.45, 7) is 4.52. The van der Waals surface area contributed by atoms with Crippen molar-refractivity contribution in [1.29, 1.82) is 0 Å². The number of amides is 2. The minimum Gasteiger partial charge on any atom is -0.355 e. The Balaban J connectivity index is 2.08. The second-order valence-corrected chi connectivity index (χ2v) is 8.49. The first-order valence-corrected chi connectivity index (χ1v) is 11.5. The molecule has 0 aliphatic heterocycles. The van der Waals surface area contributed by atoms with Crippen molar-refractivity contribution in [3.63, 3.8) is 0 Å². The SMILES string of the molecule is CCNC(=O)C(CC)N(Cc1ccc(F)cc1)C(=O)CSCc1ccc(Br)cc1. The second kappa shape index (κ2) is 12.0. The molecule has 1 unspecified atom stereocenters. The molecule has 156 valence electrons. The van der Waals surface area contributed by atoms with Gasteiger partial charge in [-0.3, -0.25) is 9.59 Å². The monoisotopic (exact) mass is 480 g/mol. The van der Waals surface area contributed by atoms with Gasteiger partial charge in [0.15, 0.2) is 0 Å². The molecule has 0 bridgehead atoms. The molecule has 0 radical (unpaired) electrons. The number of nitrogens with one attached hydrogen (secondary N) is 1. The third kappa shape index (κ3) is 7.48. The fraction of sp³-hybridized carbons (Fsp3) is 0.364. The highest BCUT2D eigenvalue weighted by Gasteiger charge is 2.28. The Hall–Kier alpha value is -1.86. The van der Waals surface area contributed by atoms with E-state index >= 15 is 0 Å². The molecule has 0 fully saturated rings. The van der Waals surface area contributed by atoms with Crippen molar-refractivity contribution in [2.75, 3.05) is 12.3 Å². The first-order valence-electron chi connectivity index (χ1n) is 9.58. The average molecular weight is 481 g/mol. The number of carbonyl (C=O) groups is 2. The number of nitrogens with zero attached hydrogens (tertiary/aromatic N) is 1. The van der Waals surface area contributed by atoms with Gasteiger partial charge in [0.05, 0.1) is 5.75 Å². The summed E-state index contributed by atoms with van der Waals surface area (Å²) in [7, 11) is 0. The standard InChI is InChI=1S/C22H26BrFN2O2S/c1-3-20(22(28)25-4-2)26(13-16-7-11-19(24)12-8-16)21(27)15-29-14-17-5-9-18(23)10-6-17/h5-12,20H,3-4,13-15H2,1-2H3,(H,25,28). The van der Waals surface area contributed by atoms with Gasteiger partial charge >= 0.3 is 0 Å². The third-order valence-electron chi connectivity index (χ3n) is 4.41. The van der Waals surface area contributed by atoms with Gasteiger partial charge in [-0.2, -0.15) is 0 Å². The molecule has 0 heterocycles. The lowest BCUT2D eigenvalue weighted by atomic mass is 10.1. The number of likely N-dealkylation sites (N-methyl/N-ethyl adjacent to an activating group) is 1. The van der Waals surface area contributed by atoms with E-state index in [-0.39, 0.29) is 29.9 Å². The zero-order chi connectivity index (χ0) is 21.2. The topological polar surface area (TPSA) is 49.4 Å². The number of halogens is 2. The van der Waals surface area contributed by atoms with E-state index in [1.165, 1.54) is 23.9 Å². The van der Waals surface area contributed by atoms with Crippen LogP contribution in [0.5, 0.6) is 0 Å². The lowest BCUT2D eigenvalue weighted by Crippen LogP contribution is -2.49. The van der Waals surface area contributed by atoms with E-state index in [0.717, 1.165) is 15.6 Å². The van der Waals surface area contributed by atoms with Crippen LogP contribution in [0.15, 0.2) is 53.0 Å². The van der Waals surface area contributed by atoms with Crippen LogP contribution in [0.25, 0.3) is 0 Å². The quantitative estimate of drug-likeness (QED) is 0.532. The van der Waals surface area contributed by atoms with Crippen molar-refractivity contribution in [2.45, 2.75) is 38.6 Å². The minimum atomic E-state index is -0.555. The van der Waals surface area contributed by atoms with Crippen LogP contribution >= 0.6 is 27.7 Å². The highest BCUT2D eigenvalue weighted by Crippen LogP contribution is 2.19. The lowest BCUT2D eigenvalue weighted by molar-refractivity contribution is -0.139. The largest absolute Gasteiger partial charge is 0.355 e. The summed E-state index contributed by atoms with van der Waals surface area (Å²) < 4.78 is 14.3. The normalized spacial score (nSPS) is 11.7. The Morgan fingerprint density at radius 1 is 1.07 bits per heavy atom. The van der Waals surface area contributed by atoms with E-state index in [4.69, 9.17) is 0 Å². The molecule has 0 aliphatic carbocycles. The Labute approximate surface area is 184 Å². The summed E-state index contributed by atoms with van der Waals surface area (Å²) in [6, 6.07) is 13.5. The van der Waals surface area contributed by atoms with Gasteiger partial charge in [-0.1, -0.05) is 47.1 Å². The summed E-state index contributed by atoms with van der Waals surface area (Å²) in [5, 5.41) is 2.81. The number of rotatable bonds is 10. The first-order chi connectivity index (χ1) is 13.9. The lowest BCUT2D eigenvalue weighted by Gasteiger charge is -2.30. The van der Waals surface area contributed by atoms with Gasteiger partial charge in [-0.05, 0) is 48.7 Å². The van der Waals surface area contributed by atoms with E-state index in [9.17, 15) is 14.0 Å². The molecule has 0 spiro atoms. The summed E-state index contributed by atoms with van der Waals surface area (Å²) in [5.74, 6) is 0.388. The maximum atomic E-state index is 13.2. The van der Waals surface area contributed by atoms with Gasteiger partial charge in [0.1, 0.15) is 11.9 Å². The zero-order valence-electron chi connectivity index (χ0n) is 16.7. The van der Waals surface area contributed by atoms with Gasteiger partial charge < -0.3 is 10.2 Å². The molecular weight excluding hydrogens is 455 g/mol. The fourth-order valence-corrected chi connectivity index (χ4v) is 4.05. The second-order valence-electron chi connectivity index (χ2n) is 6.59. The Bertz CT molecular complexity index is 799. The molecule has 1 atom stereocenters. The molecule has 0 aromatic heterocycles. The predicted octanol–water partition coefficient (Wildman–Crippen LogP) is 4.76. The molecule has 0 saturated heterocycles. The molecule has 7 heteroatoms. The fourth-order valence-electron chi connectivity index (χ4n) is 2.92. The van der Waals surface area contributed by atoms with Crippen molar-refractivity contribution >= 4 is 39.5 Å². The number of thioether (sulfide) groups is 1. The molecule has 29 heavy (non-hydrogen) atoms. The van der Waals surface area contributed by atoms with Gasteiger partial charge in [0.2, 0.25) is 11.8 Å². The molecule has 2 aromatic carbocycles. The number of hydrogen-bond acceptors (Lipinski definition) is 3. The molecular formula is C22H26BrFN2O2S. The van der Waals surface area contributed by atoms with Crippen LogP contribution in [-0.4, -0.2) is 35.1 Å². The molecule has 2 aromatic rings. The van der Waals surface area contributed by atoms with Crippen LogP contribution in [0, 0.1) is 5.82 Å². The first kappa shape index (κ1) is 23.4. The summed E-state index contributed by atoms with van der Waals surface area (Å²) in [5.41, 5.74) is 1.92. The van der Waals surface area contributed by atoms with Gasteiger partial charge in [0.25, 0.3) is 0 Å². The molecule has 1 N–H and O–H groups in total. The maximum Gasteiger partial charge on any atom is 0.242 e. The van der Waals surface area contributed by atoms with E-state index < -0.39 is 6.04 Å². The molecule has 2 amide bonds. The molecule has 2 rings (SSSR count). The summed E-state index contributed by atoms with van der Waals surface area (Å²) in [4.78, 5) is 27.1. The molecule has 4 nitrogen and oxygen atoms in total. The number of carbonyl (C=O) groups excluding carboxylic acids is 2. The Kier molecular flexibility index (Phi) is 9.67. The summed E-state index contributed by atoms with van der Waals surface area (Å²) >= 11 is 4.93. The van der Waals surface area contributed by atoms with Gasteiger partial charge in [-0.15, -0.1) is 11.8 Å². The smallest absolute Gasteiger partial charge is 0.242 e. The van der Waals surface area contributed by atoms with Gasteiger partial charge in [0, 0.05) is 23.3 Å². The zero-order valence-corrected chi connectivity index (χ0v) is 19.1. The van der Waals surface area contributed by atoms with Crippen LogP contribution in [0.1, 0.15) is 31.4 Å². The number of benzene rings is 2. The van der Waals surface area contributed by atoms with E-state index in [2.05, 4.69) is 21.2 Å². The van der Waals surface area contributed by atoms with Gasteiger partial charge in [-0.25, -0.2) is 4.39 Å². The molecule has 0 aliphatic rings. The van der Waals surface area contributed by atoms with Crippen molar-refractivity contribution in [3.05, 3.63) is 69.9 Å². The number of hydrogen-bond donors (Lipinski definition) is 1. The van der Waals surface area contributed by atoms with E-state index in [1.54, 1.807) is 17.0 Å². The van der Waals surface area contributed by atoms with Crippen molar-refractivity contribution in [1.82, 2.24) is 10.2 Å². The van der Waals surface area contributed by atoms with Crippen LogP contribution in [0.4, 0.5) is 4.39 Å². The van der Waals surface area contributed by atoms with Crippen LogP contribution in [0.3, 0.4) is 0 Å². The van der Waals surface area contributed by atoms with Crippen molar-refractivity contribution in [2.24, 2.45) is 0 Å². The maximum absolute atomic E-state index is 13.2. The minimum absolute atomic E-state index is 0.102. The summed E-state index contributed by atoms with van der Waals surface area (Å²) in [6.07, 6.45) is 0.510. The third-order valence-corrected chi connectivity index (χ3v) is 5.93. The van der Waals surface area contributed by atoms with Crippen LogP contribution < -0.4 is 5.32 Å². The predicted molar refractivity (Wildman–Crippen MR) is 120 cm³/mol. The van der Waals surface area contributed by atoms with Crippen molar-refractivity contribution in [3.8, 4) is 0 Å². The highest BCUT2D eigenvalue weighted by atomic mass is 79.9. The van der Waals surface area contributed by atoms with E-state index in [1.807, 2.05) is 38.1 Å². The average Bonchev–Trinajstić information content (AvgIpc) is 2.71. The van der Waals surface area contributed by atoms with E-state index in [0.29, 0.717) is 18.7 Å². The Morgan fingerprint density at radius 2 is 1.69 bits per heavy atom. The van der Waals surface area contributed by atoms with Crippen molar-refractivity contribution < 1.29 is 14.0 Å². The van der Waals surface area contributed by atoms with Crippen LogP contribution in [-0.2, 0) is 21.9 Å². The Morgan fingerprint density at radius 3 is 2.28 bits per heavy atom.